The van der Waals surface area contributed by atoms with Crippen LogP contribution >= 0.6 is 0 Å². The smallest absolute Gasteiger partial charge is 0.118 e. The molecule has 2 aromatic carbocycles. The summed E-state index contributed by atoms with van der Waals surface area (Å²) in [4.78, 5) is 2.42. The molecule has 23 heavy (non-hydrogen) atoms. The fraction of sp³-hybridized carbons (Fsp3) is 0.238. The molecule has 0 saturated carbocycles. The molecule has 0 radical (unpaired) electrons. The van der Waals surface area contributed by atoms with Gasteiger partial charge in [0.1, 0.15) is 11.5 Å². The first-order valence-electron chi connectivity index (χ1n) is 8.07. The van der Waals surface area contributed by atoms with Crippen molar-refractivity contribution in [2.75, 3.05) is 0 Å². The van der Waals surface area contributed by atoms with E-state index in [0.717, 1.165) is 31.2 Å². The van der Waals surface area contributed by atoms with E-state index in [2.05, 4.69) is 78.6 Å². The van der Waals surface area contributed by atoms with E-state index in [1.165, 1.54) is 16.7 Å². The van der Waals surface area contributed by atoms with Crippen molar-refractivity contribution in [3.63, 3.8) is 0 Å². The summed E-state index contributed by atoms with van der Waals surface area (Å²) in [5, 5.41) is 0. The van der Waals surface area contributed by atoms with E-state index in [-0.39, 0.29) is 0 Å². The summed E-state index contributed by atoms with van der Waals surface area (Å²) in [5.74, 6) is 2.05. The van der Waals surface area contributed by atoms with Gasteiger partial charge in [0, 0.05) is 13.1 Å². The van der Waals surface area contributed by atoms with Gasteiger partial charge in [-0.15, -0.1) is 0 Å². The van der Waals surface area contributed by atoms with Gasteiger partial charge >= 0.3 is 0 Å². The highest BCUT2D eigenvalue weighted by molar-refractivity contribution is 5.20. The Hall–Kier alpha value is -2.32. The minimum absolute atomic E-state index is 0.818. The molecule has 1 heterocycles. The van der Waals surface area contributed by atoms with E-state index in [0.29, 0.717) is 0 Å². The van der Waals surface area contributed by atoms with Crippen LogP contribution in [0.1, 0.15) is 28.2 Å². The molecular formula is C21H23NO. The predicted molar refractivity (Wildman–Crippen MR) is 94.0 cm³/mol. The van der Waals surface area contributed by atoms with Gasteiger partial charge in [-0.2, -0.15) is 0 Å². The summed E-state index contributed by atoms with van der Waals surface area (Å²) in [6.45, 7) is 6.76. The molecular weight excluding hydrogens is 282 g/mol. The van der Waals surface area contributed by atoms with Crippen LogP contribution in [0, 0.1) is 13.8 Å². The summed E-state index contributed by atoms with van der Waals surface area (Å²) in [6.07, 6.45) is 0. The number of furan rings is 1. The van der Waals surface area contributed by atoms with E-state index in [4.69, 9.17) is 4.42 Å². The Morgan fingerprint density at radius 1 is 0.739 bits per heavy atom. The van der Waals surface area contributed by atoms with Crippen LogP contribution in [0.2, 0.25) is 0 Å². The summed E-state index contributed by atoms with van der Waals surface area (Å²) in [5.41, 5.74) is 3.87. The number of benzene rings is 2. The Labute approximate surface area is 138 Å². The number of hydrogen-bond donors (Lipinski definition) is 0. The highest BCUT2D eigenvalue weighted by atomic mass is 16.3. The zero-order valence-corrected chi connectivity index (χ0v) is 13.8. The van der Waals surface area contributed by atoms with Crippen LogP contribution in [-0.4, -0.2) is 4.90 Å². The first-order valence-corrected chi connectivity index (χ1v) is 8.07. The lowest BCUT2D eigenvalue weighted by Crippen LogP contribution is -2.22. The SMILES string of the molecule is Cc1cc(CN(Cc2ccccc2)Cc2ccccc2)oc1C. The molecule has 2 heteroatoms. The van der Waals surface area contributed by atoms with Crippen LogP contribution in [0.25, 0.3) is 0 Å². The van der Waals surface area contributed by atoms with E-state index in [1.807, 2.05) is 6.92 Å². The largest absolute Gasteiger partial charge is 0.465 e. The van der Waals surface area contributed by atoms with Crippen molar-refractivity contribution < 1.29 is 4.42 Å². The number of rotatable bonds is 6. The molecule has 0 unspecified atom stereocenters. The predicted octanol–water partition coefficient (Wildman–Crippen LogP) is 5.10. The topological polar surface area (TPSA) is 16.4 Å². The fourth-order valence-electron chi connectivity index (χ4n) is 2.80. The molecule has 0 bridgehead atoms. The van der Waals surface area contributed by atoms with Crippen LogP contribution in [0.15, 0.2) is 71.1 Å². The molecule has 0 atom stereocenters. The molecule has 0 spiro atoms. The molecule has 0 fully saturated rings. The van der Waals surface area contributed by atoms with Crippen molar-refractivity contribution in [1.82, 2.24) is 4.90 Å². The summed E-state index contributed by atoms with van der Waals surface area (Å²) >= 11 is 0. The molecule has 0 aliphatic heterocycles. The van der Waals surface area contributed by atoms with Crippen LogP contribution in [0.5, 0.6) is 0 Å². The minimum atomic E-state index is 0.818. The standard InChI is InChI=1S/C21H23NO/c1-17-13-21(23-18(17)2)16-22(14-19-9-5-3-6-10-19)15-20-11-7-4-8-12-20/h3-13H,14-16H2,1-2H3. The van der Waals surface area contributed by atoms with E-state index < -0.39 is 0 Å². The molecule has 0 N–H and O–H groups in total. The lowest BCUT2D eigenvalue weighted by molar-refractivity contribution is 0.225. The Morgan fingerprint density at radius 2 is 1.26 bits per heavy atom. The average Bonchev–Trinajstić information content (AvgIpc) is 2.87. The lowest BCUT2D eigenvalue weighted by atomic mass is 10.1. The summed E-state index contributed by atoms with van der Waals surface area (Å²) in [6, 6.07) is 23.4. The van der Waals surface area contributed by atoms with Gasteiger partial charge < -0.3 is 4.42 Å². The van der Waals surface area contributed by atoms with Gasteiger partial charge in [0.25, 0.3) is 0 Å². The number of hydrogen-bond acceptors (Lipinski definition) is 2. The summed E-state index contributed by atoms with van der Waals surface area (Å²) in [7, 11) is 0. The van der Waals surface area contributed by atoms with Gasteiger partial charge in [-0.05, 0) is 36.6 Å². The molecule has 1 aromatic heterocycles. The van der Waals surface area contributed by atoms with Crippen molar-refractivity contribution in [1.29, 1.82) is 0 Å². The average molecular weight is 305 g/mol. The molecule has 0 saturated heterocycles. The van der Waals surface area contributed by atoms with E-state index in [9.17, 15) is 0 Å². The molecule has 3 rings (SSSR count). The van der Waals surface area contributed by atoms with E-state index in [1.54, 1.807) is 0 Å². The van der Waals surface area contributed by atoms with Gasteiger partial charge in [-0.1, -0.05) is 60.7 Å². The Kier molecular flexibility index (Phi) is 4.94. The zero-order chi connectivity index (χ0) is 16.1. The van der Waals surface area contributed by atoms with E-state index >= 15 is 0 Å². The Morgan fingerprint density at radius 3 is 1.70 bits per heavy atom. The third kappa shape index (κ3) is 4.33. The third-order valence-electron chi connectivity index (χ3n) is 4.09. The number of aryl methyl sites for hydroxylation is 2. The third-order valence-corrected chi connectivity index (χ3v) is 4.09. The van der Waals surface area contributed by atoms with Crippen molar-refractivity contribution in [2.24, 2.45) is 0 Å². The molecule has 0 aliphatic carbocycles. The van der Waals surface area contributed by atoms with Crippen LogP contribution in [0.3, 0.4) is 0 Å². The van der Waals surface area contributed by atoms with Crippen molar-refractivity contribution in [3.05, 3.63) is 94.9 Å². The molecule has 0 aliphatic rings. The second-order valence-corrected chi connectivity index (χ2v) is 6.07. The summed E-state index contributed by atoms with van der Waals surface area (Å²) < 4.78 is 5.88. The van der Waals surface area contributed by atoms with Crippen molar-refractivity contribution in [3.8, 4) is 0 Å². The molecule has 3 aromatic rings. The normalized spacial score (nSPS) is 11.1. The first kappa shape index (κ1) is 15.6. The van der Waals surface area contributed by atoms with Gasteiger partial charge in [-0.3, -0.25) is 4.90 Å². The highest BCUT2D eigenvalue weighted by Crippen LogP contribution is 2.18. The molecule has 0 amide bonds. The minimum Gasteiger partial charge on any atom is -0.465 e. The van der Waals surface area contributed by atoms with Crippen LogP contribution in [0.4, 0.5) is 0 Å². The maximum Gasteiger partial charge on any atom is 0.118 e. The zero-order valence-electron chi connectivity index (χ0n) is 13.8. The second kappa shape index (κ2) is 7.30. The van der Waals surface area contributed by atoms with Gasteiger partial charge in [0.05, 0.1) is 6.54 Å². The van der Waals surface area contributed by atoms with Crippen LogP contribution in [-0.2, 0) is 19.6 Å². The fourth-order valence-corrected chi connectivity index (χ4v) is 2.80. The van der Waals surface area contributed by atoms with Gasteiger partial charge in [0.15, 0.2) is 0 Å². The molecule has 2 nitrogen and oxygen atoms in total. The van der Waals surface area contributed by atoms with Crippen LogP contribution < -0.4 is 0 Å². The maximum absolute atomic E-state index is 5.88. The lowest BCUT2D eigenvalue weighted by Gasteiger charge is -2.21. The van der Waals surface area contributed by atoms with Gasteiger partial charge in [-0.25, -0.2) is 0 Å². The van der Waals surface area contributed by atoms with Crippen molar-refractivity contribution in [2.45, 2.75) is 33.5 Å². The first-order chi connectivity index (χ1) is 11.2. The number of nitrogens with zero attached hydrogens (tertiary/aromatic N) is 1. The Bertz CT molecular complexity index is 670. The van der Waals surface area contributed by atoms with Crippen molar-refractivity contribution >= 4 is 0 Å². The maximum atomic E-state index is 5.88. The highest BCUT2D eigenvalue weighted by Gasteiger charge is 2.12. The Balaban J connectivity index is 1.77. The van der Waals surface area contributed by atoms with Gasteiger partial charge in [0.2, 0.25) is 0 Å². The molecule has 118 valence electrons. The monoisotopic (exact) mass is 305 g/mol. The second-order valence-electron chi connectivity index (χ2n) is 6.07. The quantitative estimate of drug-likeness (QED) is 0.630.